The third-order valence-electron chi connectivity index (χ3n) is 5.38. The zero-order valence-electron chi connectivity index (χ0n) is 17.8. The summed E-state index contributed by atoms with van der Waals surface area (Å²) in [6, 6.07) is 10.7. The van der Waals surface area contributed by atoms with Gasteiger partial charge in [0.05, 0.1) is 42.7 Å². The third kappa shape index (κ3) is 4.83. The van der Waals surface area contributed by atoms with E-state index in [-0.39, 0.29) is 35.8 Å². The van der Waals surface area contributed by atoms with Crippen LogP contribution in [0, 0.1) is 0 Å². The molecule has 1 aliphatic heterocycles. The van der Waals surface area contributed by atoms with E-state index in [9.17, 15) is 13.2 Å². The fourth-order valence-corrected chi connectivity index (χ4v) is 6.25. The van der Waals surface area contributed by atoms with Crippen molar-refractivity contribution in [3.05, 3.63) is 48.4 Å². The first-order valence-corrected chi connectivity index (χ1v) is 12.9. The van der Waals surface area contributed by atoms with Gasteiger partial charge < -0.3 is 18.6 Å². The summed E-state index contributed by atoms with van der Waals surface area (Å²) in [6.45, 7) is 0.234. The molecule has 0 aliphatic carbocycles. The van der Waals surface area contributed by atoms with Crippen molar-refractivity contribution in [1.29, 1.82) is 0 Å². The summed E-state index contributed by atoms with van der Waals surface area (Å²) in [5.41, 5.74) is 0.804. The van der Waals surface area contributed by atoms with Crippen LogP contribution in [0.15, 0.2) is 52.2 Å². The lowest BCUT2D eigenvalue weighted by molar-refractivity contribution is -0.131. The number of para-hydroxylation sites is 1. The third-order valence-corrected chi connectivity index (χ3v) is 8.14. The van der Waals surface area contributed by atoms with Crippen molar-refractivity contribution in [2.75, 3.05) is 24.4 Å². The van der Waals surface area contributed by atoms with Crippen LogP contribution in [0.5, 0.6) is 5.75 Å². The van der Waals surface area contributed by atoms with E-state index in [1.54, 1.807) is 24.1 Å². The van der Waals surface area contributed by atoms with Gasteiger partial charge in [-0.05, 0) is 30.7 Å². The number of aromatic nitrogens is 3. The number of hydrogen-bond acceptors (Lipinski definition) is 8. The molecule has 2 aromatic heterocycles. The monoisotopic (exact) mass is 476 g/mol. The Labute approximate surface area is 190 Å². The second-order valence-corrected chi connectivity index (χ2v) is 10.7. The maximum absolute atomic E-state index is 13.1. The van der Waals surface area contributed by atoms with Crippen LogP contribution in [0.2, 0.25) is 0 Å². The van der Waals surface area contributed by atoms with Gasteiger partial charge in [-0.2, -0.15) is 0 Å². The minimum atomic E-state index is -3.13. The number of nitrogens with zero attached hydrogens (tertiary/aromatic N) is 4. The van der Waals surface area contributed by atoms with Gasteiger partial charge in [0.15, 0.2) is 20.8 Å². The topological polar surface area (TPSA) is 108 Å². The Hall–Kier alpha value is -2.79. The molecule has 1 saturated heterocycles. The number of carbonyl (C=O) groups excluding carboxylic acids is 1. The first-order chi connectivity index (χ1) is 15.4. The highest BCUT2D eigenvalue weighted by Crippen LogP contribution is 2.30. The molecule has 32 heavy (non-hydrogen) atoms. The van der Waals surface area contributed by atoms with Crippen LogP contribution in [0.1, 0.15) is 12.2 Å². The lowest BCUT2D eigenvalue weighted by atomic mass is 10.2. The van der Waals surface area contributed by atoms with Crippen molar-refractivity contribution in [3.63, 3.8) is 0 Å². The summed E-state index contributed by atoms with van der Waals surface area (Å²) < 4.78 is 36.6. The zero-order chi connectivity index (χ0) is 22.7. The van der Waals surface area contributed by atoms with Gasteiger partial charge in [-0.1, -0.05) is 23.9 Å². The smallest absolute Gasteiger partial charge is 0.233 e. The molecule has 1 amide bonds. The van der Waals surface area contributed by atoms with Crippen LogP contribution in [-0.4, -0.2) is 64.4 Å². The number of sulfone groups is 1. The Morgan fingerprint density at radius 2 is 2.09 bits per heavy atom. The predicted molar refractivity (Wildman–Crippen MR) is 120 cm³/mol. The second-order valence-electron chi connectivity index (χ2n) is 7.51. The Morgan fingerprint density at radius 3 is 2.78 bits per heavy atom. The molecule has 170 valence electrons. The number of hydrogen-bond donors (Lipinski definition) is 0. The van der Waals surface area contributed by atoms with E-state index in [1.807, 2.05) is 35.9 Å². The van der Waals surface area contributed by atoms with Crippen molar-refractivity contribution in [2.45, 2.75) is 24.2 Å². The SMILES string of the molecule is COc1ccccc1-c1nnc(SCC(=O)N(Cc2ccco2)[C@H]2CCS(=O)(=O)C2)n1C. The molecule has 4 rings (SSSR count). The Bertz CT molecular complexity index is 1190. The number of benzene rings is 1. The van der Waals surface area contributed by atoms with Gasteiger partial charge >= 0.3 is 0 Å². The normalized spacial score (nSPS) is 17.4. The van der Waals surface area contributed by atoms with Crippen molar-refractivity contribution >= 4 is 27.5 Å². The number of furan rings is 1. The van der Waals surface area contributed by atoms with E-state index in [2.05, 4.69) is 10.2 Å². The molecule has 3 heterocycles. The number of carbonyl (C=O) groups is 1. The van der Waals surface area contributed by atoms with Crippen LogP contribution in [-0.2, 0) is 28.2 Å². The molecule has 0 radical (unpaired) electrons. The van der Waals surface area contributed by atoms with E-state index >= 15 is 0 Å². The number of rotatable bonds is 8. The van der Waals surface area contributed by atoms with E-state index in [0.29, 0.717) is 28.9 Å². The van der Waals surface area contributed by atoms with Gasteiger partial charge in [0.2, 0.25) is 5.91 Å². The largest absolute Gasteiger partial charge is 0.496 e. The summed E-state index contributed by atoms with van der Waals surface area (Å²) in [5, 5.41) is 9.08. The summed E-state index contributed by atoms with van der Waals surface area (Å²) in [7, 11) is 0.299. The number of methoxy groups -OCH3 is 1. The number of amides is 1. The minimum Gasteiger partial charge on any atom is -0.496 e. The lowest BCUT2D eigenvalue weighted by Gasteiger charge is -2.27. The molecule has 0 bridgehead atoms. The van der Waals surface area contributed by atoms with Crippen LogP contribution < -0.4 is 4.74 Å². The summed E-state index contributed by atoms with van der Waals surface area (Å²) >= 11 is 1.26. The van der Waals surface area contributed by atoms with Crippen LogP contribution in [0.4, 0.5) is 0 Å². The molecule has 0 unspecified atom stereocenters. The molecule has 1 aromatic carbocycles. The highest BCUT2D eigenvalue weighted by molar-refractivity contribution is 7.99. The molecule has 1 atom stereocenters. The van der Waals surface area contributed by atoms with Gasteiger partial charge in [-0.3, -0.25) is 4.79 Å². The lowest BCUT2D eigenvalue weighted by Crippen LogP contribution is -2.41. The fraction of sp³-hybridized carbons (Fsp3) is 0.381. The van der Waals surface area contributed by atoms with Crippen molar-refractivity contribution in [2.24, 2.45) is 7.05 Å². The molecule has 0 spiro atoms. The highest BCUT2D eigenvalue weighted by atomic mass is 32.2. The maximum atomic E-state index is 13.1. The van der Waals surface area contributed by atoms with Crippen molar-refractivity contribution in [3.8, 4) is 17.1 Å². The van der Waals surface area contributed by atoms with Gasteiger partial charge in [-0.25, -0.2) is 8.42 Å². The minimum absolute atomic E-state index is 0.0218. The quantitative estimate of drug-likeness (QED) is 0.456. The van der Waals surface area contributed by atoms with Crippen LogP contribution >= 0.6 is 11.8 Å². The van der Waals surface area contributed by atoms with Crippen molar-refractivity contribution < 1.29 is 22.4 Å². The van der Waals surface area contributed by atoms with Crippen LogP contribution in [0.25, 0.3) is 11.4 Å². The first-order valence-electron chi connectivity index (χ1n) is 10.1. The van der Waals surface area contributed by atoms with Crippen LogP contribution in [0.3, 0.4) is 0 Å². The molecule has 9 nitrogen and oxygen atoms in total. The van der Waals surface area contributed by atoms with Gasteiger partial charge in [0.1, 0.15) is 11.5 Å². The first kappa shape index (κ1) is 22.4. The Morgan fingerprint density at radius 1 is 1.28 bits per heavy atom. The Balaban J connectivity index is 1.49. The summed E-state index contributed by atoms with van der Waals surface area (Å²) in [4.78, 5) is 14.7. The molecule has 1 aliphatic rings. The molecule has 1 fully saturated rings. The summed E-state index contributed by atoms with van der Waals surface area (Å²) in [5.74, 6) is 1.94. The fourth-order valence-electron chi connectivity index (χ4n) is 3.73. The molecular formula is C21H24N4O5S2. The molecule has 0 N–H and O–H groups in total. The average molecular weight is 477 g/mol. The van der Waals surface area contributed by atoms with Gasteiger partial charge in [-0.15, -0.1) is 10.2 Å². The average Bonchev–Trinajstić information content (AvgIpc) is 3.51. The number of ether oxygens (including phenoxy) is 1. The van der Waals surface area contributed by atoms with E-state index in [1.165, 1.54) is 18.0 Å². The molecular weight excluding hydrogens is 452 g/mol. The standard InChI is InChI=1S/C21H24N4O5S2/c1-24-20(17-7-3-4-8-18(17)29-2)22-23-21(24)31-13-19(26)25(12-16-6-5-10-30-16)15-9-11-32(27,28)14-15/h3-8,10,15H,9,11-14H2,1-2H3/t15-/m0/s1. The highest BCUT2D eigenvalue weighted by Gasteiger charge is 2.35. The van der Waals surface area contributed by atoms with E-state index in [0.717, 1.165) is 5.56 Å². The van der Waals surface area contributed by atoms with Crippen molar-refractivity contribution in [1.82, 2.24) is 19.7 Å². The second kappa shape index (κ2) is 9.37. The van der Waals surface area contributed by atoms with Gasteiger partial charge in [0.25, 0.3) is 0 Å². The van der Waals surface area contributed by atoms with E-state index in [4.69, 9.17) is 9.15 Å². The molecule has 11 heteroatoms. The zero-order valence-corrected chi connectivity index (χ0v) is 19.4. The maximum Gasteiger partial charge on any atom is 0.233 e. The van der Waals surface area contributed by atoms with Gasteiger partial charge in [0, 0.05) is 13.1 Å². The van der Waals surface area contributed by atoms with E-state index < -0.39 is 9.84 Å². The molecule has 3 aromatic rings. The number of thioether (sulfide) groups is 1. The summed E-state index contributed by atoms with van der Waals surface area (Å²) in [6.07, 6.45) is 1.97. The molecule has 0 saturated carbocycles. The predicted octanol–water partition coefficient (Wildman–Crippen LogP) is 2.39. The Kier molecular flexibility index (Phi) is 6.56.